The van der Waals surface area contributed by atoms with Crippen LogP contribution >= 0.6 is 15.9 Å². The minimum atomic E-state index is -6.05. The maximum atomic E-state index is 13.9. The van der Waals surface area contributed by atoms with Crippen molar-refractivity contribution in [2.75, 3.05) is 0 Å². The van der Waals surface area contributed by atoms with Gasteiger partial charge < -0.3 is 4.98 Å². The summed E-state index contributed by atoms with van der Waals surface area (Å²) in [4.78, 5) is 3.04. The zero-order valence-electron chi connectivity index (χ0n) is 11.2. The number of nitrogens with zero attached hydrogens (tertiary/aromatic N) is 1. The van der Waals surface area contributed by atoms with Gasteiger partial charge in [0, 0.05) is 0 Å². The Balaban J connectivity index is 2.64. The van der Waals surface area contributed by atoms with E-state index < -0.39 is 59.7 Å². The number of benzene rings is 1. The fourth-order valence-electron chi connectivity index (χ4n) is 1.72. The molecule has 0 aliphatic carbocycles. The van der Waals surface area contributed by atoms with Crippen molar-refractivity contribution in [2.45, 2.75) is 16.6 Å². The molecule has 4 nitrogen and oxygen atoms in total. The van der Waals surface area contributed by atoms with Gasteiger partial charge in [0.15, 0.2) is 5.69 Å². The van der Waals surface area contributed by atoms with Crippen LogP contribution in [-0.2, 0) is 16.0 Å². The van der Waals surface area contributed by atoms with Crippen LogP contribution < -0.4 is 0 Å². The highest BCUT2D eigenvalue weighted by Crippen LogP contribution is 2.37. The first-order valence-corrected chi connectivity index (χ1v) is 8.07. The highest BCUT2D eigenvalue weighted by molar-refractivity contribution is 9.10. The number of alkyl halides is 6. The van der Waals surface area contributed by atoms with Gasteiger partial charge in [-0.25, -0.2) is 22.2 Å². The topological polar surface area (TPSA) is 62.8 Å². The Kier molecular flexibility index (Phi) is 4.66. The van der Waals surface area contributed by atoms with Gasteiger partial charge in [-0.05, 0) is 28.1 Å². The zero-order valence-corrected chi connectivity index (χ0v) is 13.6. The van der Waals surface area contributed by atoms with Gasteiger partial charge in [0.05, 0.1) is 10.5 Å². The smallest absolute Gasteiger partial charge is 0.333 e. The van der Waals surface area contributed by atoms with E-state index in [1.807, 2.05) is 0 Å². The molecular formula is C11H3BrF8N2O2S. The molecule has 1 aromatic carbocycles. The van der Waals surface area contributed by atoms with Crippen molar-refractivity contribution < 1.29 is 43.5 Å². The van der Waals surface area contributed by atoms with Crippen LogP contribution in [0.15, 0.2) is 21.6 Å². The monoisotopic (exact) mass is 458 g/mol. The SMILES string of the molecule is O=S(=O)(c1cc(F)c(-c2nc(Br)c(C(F)(F)F)[nH]2)c(F)c1)C(F)(F)F. The minimum absolute atomic E-state index is 0.162. The highest BCUT2D eigenvalue weighted by atomic mass is 79.9. The van der Waals surface area contributed by atoms with E-state index in [9.17, 15) is 43.5 Å². The van der Waals surface area contributed by atoms with Gasteiger partial charge in [-0.15, -0.1) is 0 Å². The van der Waals surface area contributed by atoms with Crippen molar-refractivity contribution in [1.29, 1.82) is 0 Å². The van der Waals surface area contributed by atoms with Gasteiger partial charge >= 0.3 is 11.7 Å². The number of H-pyrrole nitrogens is 1. The third-order valence-corrected chi connectivity index (χ3v) is 4.85. The van der Waals surface area contributed by atoms with E-state index in [0.717, 1.165) is 0 Å². The summed E-state index contributed by atoms with van der Waals surface area (Å²) in [7, 11) is -6.05. The van der Waals surface area contributed by atoms with E-state index >= 15 is 0 Å². The average Bonchev–Trinajstić information content (AvgIpc) is 2.78. The van der Waals surface area contributed by atoms with Crippen molar-refractivity contribution in [2.24, 2.45) is 0 Å². The molecule has 0 spiro atoms. The molecule has 1 heterocycles. The number of aromatic nitrogens is 2. The third-order valence-electron chi connectivity index (χ3n) is 2.81. The second kappa shape index (κ2) is 5.93. The van der Waals surface area contributed by atoms with E-state index in [1.54, 1.807) is 4.98 Å². The molecule has 0 saturated carbocycles. The molecule has 0 aliphatic heterocycles. The van der Waals surface area contributed by atoms with Gasteiger partial charge in [0.2, 0.25) is 0 Å². The number of rotatable bonds is 2. The molecular weight excluding hydrogens is 456 g/mol. The summed E-state index contributed by atoms with van der Waals surface area (Å²) in [5, 5.41) is 0. The van der Waals surface area contributed by atoms with Gasteiger partial charge in [-0.3, -0.25) is 0 Å². The molecule has 1 aromatic heterocycles. The van der Waals surface area contributed by atoms with E-state index in [4.69, 9.17) is 0 Å². The molecule has 0 unspecified atom stereocenters. The fraction of sp³-hybridized carbons (Fsp3) is 0.182. The van der Waals surface area contributed by atoms with Crippen molar-refractivity contribution in [1.82, 2.24) is 9.97 Å². The van der Waals surface area contributed by atoms with E-state index in [0.29, 0.717) is 0 Å². The lowest BCUT2D eigenvalue weighted by Gasteiger charge is -2.10. The summed E-state index contributed by atoms with van der Waals surface area (Å²) in [6.07, 6.45) is -4.96. The van der Waals surface area contributed by atoms with Crippen molar-refractivity contribution in [3.05, 3.63) is 34.1 Å². The number of aromatic amines is 1. The number of halogens is 9. The first-order chi connectivity index (χ1) is 11.2. The first-order valence-electron chi connectivity index (χ1n) is 5.79. The molecule has 0 amide bonds. The minimum Gasteiger partial charge on any atom is -0.333 e. The summed E-state index contributed by atoms with van der Waals surface area (Å²) in [5.74, 6) is -4.69. The summed E-state index contributed by atoms with van der Waals surface area (Å²) < 4.78 is 124. The standard InChI is InChI=1S/C11H3BrF8N2O2S/c12-8-7(10(15,16)17)21-9(22-8)6-4(13)1-3(2-5(6)14)25(23,24)11(18,19)20/h1-2H,(H,21,22). The average molecular weight is 459 g/mol. The predicted molar refractivity (Wildman–Crippen MR) is 69.9 cm³/mol. The lowest BCUT2D eigenvalue weighted by Crippen LogP contribution is -2.23. The van der Waals surface area contributed by atoms with Gasteiger partial charge in [-0.1, -0.05) is 0 Å². The summed E-state index contributed by atoms with van der Waals surface area (Å²) >= 11 is 2.42. The number of sulfone groups is 1. The molecule has 0 fully saturated rings. The lowest BCUT2D eigenvalue weighted by molar-refractivity contribution is -0.141. The Morgan fingerprint density at radius 2 is 1.48 bits per heavy atom. The molecule has 2 aromatic rings. The summed E-state index contributed by atoms with van der Waals surface area (Å²) in [6, 6.07) is -0.324. The molecule has 1 N–H and O–H groups in total. The molecule has 14 heteroatoms. The highest BCUT2D eigenvalue weighted by Gasteiger charge is 2.47. The van der Waals surface area contributed by atoms with Crippen molar-refractivity contribution in [3.63, 3.8) is 0 Å². The molecule has 25 heavy (non-hydrogen) atoms. The van der Waals surface area contributed by atoms with Crippen LogP contribution in [0.4, 0.5) is 35.1 Å². The lowest BCUT2D eigenvalue weighted by atomic mass is 10.2. The van der Waals surface area contributed by atoms with Crippen molar-refractivity contribution in [3.8, 4) is 11.4 Å². The maximum Gasteiger partial charge on any atom is 0.501 e. The Bertz CT molecular complexity index is 910. The van der Waals surface area contributed by atoms with Gasteiger partial charge in [0.25, 0.3) is 9.84 Å². The molecule has 0 bridgehead atoms. The van der Waals surface area contributed by atoms with Crippen LogP contribution in [0.25, 0.3) is 11.4 Å². The quantitative estimate of drug-likeness (QED) is 0.677. The second-order valence-electron chi connectivity index (χ2n) is 4.46. The molecule has 2 rings (SSSR count). The molecule has 0 atom stereocenters. The van der Waals surface area contributed by atoms with Crippen LogP contribution in [0, 0.1) is 11.6 Å². The predicted octanol–water partition coefficient (Wildman–Crippen LogP) is 4.43. The van der Waals surface area contributed by atoms with Crippen LogP contribution in [0.2, 0.25) is 0 Å². The van der Waals surface area contributed by atoms with Crippen LogP contribution in [0.1, 0.15) is 5.69 Å². The summed E-state index contributed by atoms with van der Waals surface area (Å²) in [5.41, 5.74) is -8.56. The van der Waals surface area contributed by atoms with Crippen LogP contribution in [0.5, 0.6) is 0 Å². The van der Waals surface area contributed by atoms with Crippen molar-refractivity contribution >= 4 is 25.8 Å². The zero-order chi connectivity index (χ0) is 19.4. The van der Waals surface area contributed by atoms with Crippen LogP contribution in [-0.4, -0.2) is 23.9 Å². The first kappa shape index (κ1) is 19.6. The number of hydrogen-bond donors (Lipinski definition) is 1. The number of imidazole rings is 1. The third kappa shape index (κ3) is 3.49. The molecule has 0 radical (unpaired) electrons. The largest absolute Gasteiger partial charge is 0.501 e. The number of hydrogen-bond acceptors (Lipinski definition) is 3. The maximum absolute atomic E-state index is 13.9. The normalized spacial score (nSPS) is 13.3. The molecule has 0 saturated heterocycles. The Hall–Kier alpha value is -1.70. The Morgan fingerprint density at radius 3 is 1.84 bits per heavy atom. The van der Waals surface area contributed by atoms with Gasteiger partial charge in [0.1, 0.15) is 22.1 Å². The van der Waals surface area contributed by atoms with E-state index in [2.05, 4.69) is 20.9 Å². The van der Waals surface area contributed by atoms with E-state index in [1.165, 1.54) is 0 Å². The van der Waals surface area contributed by atoms with Gasteiger partial charge in [-0.2, -0.15) is 26.3 Å². The molecule has 138 valence electrons. The summed E-state index contributed by atoms with van der Waals surface area (Å²) in [6.45, 7) is 0. The van der Waals surface area contributed by atoms with E-state index in [-0.39, 0.29) is 12.1 Å². The number of nitrogens with one attached hydrogen (secondary N) is 1. The molecule has 0 aliphatic rings. The second-order valence-corrected chi connectivity index (χ2v) is 7.15. The Labute approximate surface area is 141 Å². The Morgan fingerprint density at radius 1 is 1.00 bits per heavy atom. The van der Waals surface area contributed by atoms with Crippen LogP contribution in [0.3, 0.4) is 0 Å². The fourth-order valence-corrected chi connectivity index (χ4v) is 3.01.